The van der Waals surface area contributed by atoms with Crippen molar-refractivity contribution in [3.63, 3.8) is 0 Å². The molecule has 1 saturated heterocycles. The van der Waals surface area contributed by atoms with Crippen LogP contribution in [0.15, 0.2) is 0 Å². The summed E-state index contributed by atoms with van der Waals surface area (Å²) in [5.41, 5.74) is 0.0771. The lowest BCUT2D eigenvalue weighted by molar-refractivity contribution is -0.126. The van der Waals surface area contributed by atoms with E-state index in [4.69, 9.17) is 9.47 Å². The third-order valence-corrected chi connectivity index (χ3v) is 2.59. The molecule has 0 amide bonds. The molecule has 1 fully saturated rings. The Morgan fingerprint density at radius 3 is 2.83 bits per heavy atom. The van der Waals surface area contributed by atoms with Gasteiger partial charge in [0.05, 0.1) is 11.7 Å². The summed E-state index contributed by atoms with van der Waals surface area (Å²) in [6.45, 7) is 8.09. The van der Waals surface area contributed by atoms with Gasteiger partial charge < -0.3 is 9.47 Å². The summed E-state index contributed by atoms with van der Waals surface area (Å²) in [5.74, 6) is 0. The van der Waals surface area contributed by atoms with Gasteiger partial charge in [0.2, 0.25) is 0 Å². The minimum atomic E-state index is 0.0771. The summed E-state index contributed by atoms with van der Waals surface area (Å²) in [6.07, 6.45) is 3.60. The number of hydrogen-bond acceptors (Lipinski definition) is 2. The molecule has 2 nitrogen and oxygen atoms in total. The lowest BCUT2D eigenvalue weighted by Gasteiger charge is -2.37. The lowest BCUT2D eigenvalue weighted by Crippen LogP contribution is -2.40. The predicted molar refractivity (Wildman–Crippen MR) is 49.3 cm³/mol. The molecule has 1 aliphatic rings. The fraction of sp³-hybridized carbons (Fsp3) is 1.00. The Balaban J connectivity index is 2.43. The summed E-state index contributed by atoms with van der Waals surface area (Å²) in [4.78, 5) is 0. The Morgan fingerprint density at radius 1 is 1.50 bits per heavy atom. The van der Waals surface area contributed by atoms with Gasteiger partial charge in [0.15, 0.2) is 0 Å². The number of ether oxygens (including phenoxy) is 2. The van der Waals surface area contributed by atoms with Crippen molar-refractivity contribution in [3.05, 3.63) is 0 Å². The molecule has 0 radical (unpaired) electrons. The van der Waals surface area contributed by atoms with Gasteiger partial charge >= 0.3 is 0 Å². The average Bonchev–Trinajstić information content (AvgIpc) is 2.04. The van der Waals surface area contributed by atoms with E-state index in [1.54, 1.807) is 0 Å². The Hall–Kier alpha value is -0.0800. The van der Waals surface area contributed by atoms with Crippen molar-refractivity contribution < 1.29 is 9.47 Å². The first-order valence-electron chi connectivity index (χ1n) is 4.95. The number of hydrogen-bond donors (Lipinski definition) is 0. The molecule has 12 heavy (non-hydrogen) atoms. The van der Waals surface area contributed by atoms with Gasteiger partial charge in [0.25, 0.3) is 0 Å². The first-order chi connectivity index (χ1) is 5.70. The second-order valence-corrected chi connectivity index (χ2v) is 3.74. The molecule has 0 aromatic rings. The molecule has 0 aromatic carbocycles. The van der Waals surface area contributed by atoms with E-state index in [0.29, 0.717) is 6.10 Å². The average molecular weight is 172 g/mol. The maximum Gasteiger partial charge on any atom is 0.0701 e. The van der Waals surface area contributed by atoms with E-state index in [-0.39, 0.29) is 5.60 Å². The van der Waals surface area contributed by atoms with Crippen LogP contribution in [0.25, 0.3) is 0 Å². The van der Waals surface area contributed by atoms with Gasteiger partial charge in [-0.1, -0.05) is 6.92 Å². The van der Waals surface area contributed by atoms with Gasteiger partial charge in [-0.15, -0.1) is 0 Å². The monoisotopic (exact) mass is 172 g/mol. The van der Waals surface area contributed by atoms with Crippen LogP contribution in [0.2, 0.25) is 0 Å². The first-order valence-corrected chi connectivity index (χ1v) is 4.95. The summed E-state index contributed by atoms with van der Waals surface area (Å²) in [7, 11) is 0. The molecule has 72 valence electrons. The third kappa shape index (κ3) is 2.46. The second kappa shape index (κ2) is 4.24. The Labute approximate surface area is 75.2 Å². The quantitative estimate of drug-likeness (QED) is 0.650. The third-order valence-electron chi connectivity index (χ3n) is 2.59. The smallest absolute Gasteiger partial charge is 0.0701 e. The SMILES string of the molecule is CCOC1(C)CCOC(CC)C1. The van der Waals surface area contributed by atoms with E-state index in [9.17, 15) is 0 Å². The van der Waals surface area contributed by atoms with E-state index in [1.165, 1.54) is 0 Å². The topological polar surface area (TPSA) is 18.5 Å². The fourth-order valence-corrected chi connectivity index (χ4v) is 1.83. The van der Waals surface area contributed by atoms with Crippen LogP contribution in [0, 0.1) is 0 Å². The van der Waals surface area contributed by atoms with E-state index in [0.717, 1.165) is 32.5 Å². The molecule has 1 rings (SSSR count). The minimum Gasteiger partial charge on any atom is -0.378 e. The highest BCUT2D eigenvalue weighted by molar-refractivity contribution is 4.82. The van der Waals surface area contributed by atoms with Crippen molar-refractivity contribution >= 4 is 0 Å². The van der Waals surface area contributed by atoms with Crippen molar-refractivity contribution in [1.82, 2.24) is 0 Å². The van der Waals surface area contributed by atoms with Gasteiger partial charge in [0.1, 0.15) is 0 Å². The normalized spacial score (nSPS) is 36.8. The summed E-state index contributed by atoms with van der Waals surface area (Å²) in [6, 6.07) is 0. The molecule has 2 heteroatoms. The highest BCUT2D eigenvalue weighted by Gasteiger charge is 2.32. The van der Waals surface area contributed by atoms with Gasteiger partial charge in [-0.05, 0) is 26.7 Å². The molecule has 0 N–H and O–H groups in total. The van der Waals surface area contributed by atoms with Gasteiger partial charge in [0, 0.05) is 19.6 Å². The highest BCUT2D eigenvalue weighted by atomic mass is 16.5. The van der Waals surface area contributed by atoms with Crippen LogP contribution in [-0.2, 0) is 9.47 Å². The van der Waals surface area contributed by atoms with Crippen LogP contribution in [0.4, 0.5) is 0 Å². The van der Waals surface area contributed by atoms with Crippen LogP contribution < -0.4 is 0 Å². The minimum absolute atomic E-state index is 0.0771. The Bertz CT molecular complexity index is 132. The standard InChI is InChI=1S/C10H20O2/c1-4-9-8-10(3,12-5-2)6-7-11-9/h9H,4-8H2,1-3H3. The Kier molecular flexibility index (Phi) is 3.53. The maximum absolute atomic E-state index is 5.72. The van der Waals surface area contributed by atoms with Crippen molar-refractivity contribution in [2.75, 3.05) is 13.2 Å². The van der Waals surface area contributed by atoms with E-state index in [2.05, 4.69) is 20.8 Å². The highest BCUT2D eigenvalue weighted by Crippen LogP contribution is 2.29. The van der Waals surface area contributed by atoms with Crippen molar-refractivity contribution in [3.8, 4) is 0 Å². The zero-order chi connectivity index (χ0) is 9.03. The van der Waals surface area contributed by atoms with E-state index >= 15 is 0 Å². The molecular weight excluding hydrogens is 152 g/mol. The molecule has 2 atom stereocenters. The van der Waals surface area contributed by atoms with Gasteiger partial charge in [-0.25, -0.2) is 0 Å². The van der Waals surface area contributed by atoms with Crippen molar-refractivity contribution in [1.29, 1.82) is 0 Å². The second-order valence-electron chi connectivity index (χ2n) is 3.74. The lowest BCUT2D eigenvalue weighted by atomic mass is 9.91. The molecular formula is C10H20O2. The van der Waals surface area contributed by atoms with Gasteiger partial charge in [-0.3, -0.25) is 0 Å². The van der Waals surface area contributed by atoms with Crippen molar-refractivity contribution in [2.24, 2.45) is 0 Å². The molecule has 0 aliphatic carbocycles. The zero-order valence-electron chi connectivity index (χ0n) is 8.43. The predicted octanol–water partition coefficient (Wildman–Crippen LogP) is 2.37. The van der Waals surface area contributed by atoms with Crippen LogP contribution in [0.1, 0.15) is 40.0 Å². The van der Waals surface area contributed by atoms with Crippen molar-refractivity contribution in [2.45, 2.75) is 51.7 Å². The molecule has 0 aromatic heterocycles. The van der Waals surface area contributed by atoms with Crippen LogP contribution >= 0.6 is 0 Å². The largest absolute Gasteiger partial charge is 0.378 e. The number of rotatable bonds is 3. The molecule has 2 unspecified atom stereocenters. The van der Waals surface area contributed by atoms with Gasteiger partial charge in [-0.2, -0.15) is 0 Å². The van der Waals surface area contributed by atoms with E-state index < -0.39 is 0 Å². The molecule has 1 heterocycles. The zero-order valence-corrected chi connectivity index (χ0v) is 8.43. The fourth-order valence-electron chi connectivity index (χ4n) is 1.83. The first kappa shape index (κ1) is 10.0. The van der Waals surface area contributed by atoms with Crippen LogP contribution in [0.3, 0.4) is 0 Å². The summed E-state index contributed by atoms with van der Waals surface area (Å²) < 4.78 is 11.3. The molecule has 0 bridgehead atoms. The van der Waals surface area contributed by atoms with Crippen LogP contribution in [0.5, 0.6) is 0 Å². The Morgan fingerprint density at radius 2 is 2.25 bits per heavy atom. The van der Waals surface area contributed by atoms with E-state index in [1.807, 2.05) is 0 Å². The summed E-state index contributed by atoms with van der Waals surface area (Å²) in [5, 5.41) is 0. The molecule has 1 aliphatic heterocycles. The maximum atomic E-state index is 5.72. The summed E-state index contributed by atoms with van der Waals surface area (Å²) >= 11 is 0. The van der Waals surface area contributed by atoms with Crippen LogP contribution in [-0.4, -0.2) is 24.9 Å². The molecule has 0 spiro atoms. The molecule has 0 saturated carbocycles.